The number of likely N-dealkylation sites (N-methyl/N-ethyl adjacent to an activating group) is 1. The van der Waals surface area contributed by atoms with Crippen molar-refractivity contribution >= 4 is 11.5 Å². The molecule has 0 radical (unpaired) electrons. The van der Waals surface area contributed by atoms with Crippen LogP contribution in [0.2, 0.25) is 0 Å². The number of carbonyl (C=O) groups excluding carboxylic acids is 1. The topological polar surface area (TPSA) is 20.3 Å². The number of carbonyl (C=O) groups is 1. The molecule has 0 atom stereocenters. The van der Waals surface area contributed by atoms with Gasteiger partial charge in [-0.1, -0.05) is 44.2 Å². The van der Waals surface area contributed by atoms with E-state index in [9.17, 15) is 4.79 Å². The first kappa shape index (κ1) is 13.9. The number of allylic oxidation sites excluding steroid dienone is 1. The Balaban J connectivity index is 2.35. The number of fused-ring (bicyclic) bond motifs is 1. The summed E-state index contributed by atoms with van der Waals surface area (Å²) in [4.78, 5) is 13.1. The minimum Gasteiger partial charge on any atom is -0.342 e. The predicted molar refractivity (Wildman–Crippen MR) is 79.8 cm³/mol. The number of aryl methyl sites for hydroxylation is 1. The van der Waals surface area contributed by atoms with E-state index in [0.717, 1.165) is 6.42 Å². The minimum atomic E-state index is 0.110. The molecule has 2 nitrogen and oxygen atoms in total. The lowest BCUT2D eigenvalue weighted by Gasteiger charge is -2.35. The van der Waals surface area contributed by atoms with Gasteiger partial charge in [-0.15, -0.1) is 0 Å². The van der Waals surface area contributed by atoms with E-state index in [4.69, 9.17) is 0 Å². The molecule has 0 saturated heterocycles. The smallest absolute Gasteiger partial charge is 0.219 e. The van der Waals surface area contributed by atoms with Gasteiger partial charge < -0.3 is 4.90 Å². The van der Waals surface area contributed by atoms with Crippen LogP contribution < -0.4 is 0 Å². The second-order valence-corrected chi connectivity index (χ2v) is 6.06. The van der Waals surface area contributed by atoms with Gasteiger partial charge in [-0.25, -0.2) is 0 Å². The standard InChI is InChI=1S/C17H23NO/c1-13(19)18(4)12-10-16-15-8-6-5-7-14(15)9-11-17(16,2)3/h5-8,10H,9,11-12H2,1-4H3/b16-10+. The van der Waals surface area contributed by atoms with Gasteiger partial charge in [-0.05, 0) is 35.0 Å². The normalized spacial score (nSPS) is 19.1. The molecule has 1 amide bonds. The lowest BCUT2D eigenvalue weighted by molar-refractivity contribution is -0.127. The van der Waals surface area contributed by atoms with E-state index in [-0.39, 0.29) is 11.3 Å². The van der Waals surface area contributed by atoms with Gasteiger partial charge in [0.05, 0.1) is 0 Å². The zero-order valence-corrected chi connectivity index (χ0v) is 12.4. The molecule has 0 spiro atoms. The van der Waals surface area contributed by atoms with Crippen molar-refractivity contribution in [3.8, 4) is 0 Å². The fourth-order valence-corrected chi connectivity index (χ4v) is 2.69. The Morgan fingerprint density at radius 2 is 2.05 bits per heavy atom. The molecule has 2 heteroatoms. The molecule has 0 aliphatic heterocycles. The van der Waals surface area contributed by atoms with Crippen LogP contribution in [0.25, 0.3) is 5.57 Å². The monoisotopic (exact) mass is 257 g/mol. The minimum absolute atomic E-state index is 0.110. The van der Waals surface area contributed by atoms with Crippen molar-refractivity contribution in [3.63, 3.8) is 0 Å². The first-order valence-corrected chi connectivity index (χ1v) is 6.92. The molecule has 2 rings (SSSR count). The Labute approximate surface area is 116 Å². The van der Waals surface area contributed by atoms with Crippen LogP contribution in [0.3, 0.4) is 0 Å². The fraction of sp³-hybridized carbons (Fsp3) is 0.471. The number of hydrogen-bond donors (Lipinski definition) is 0. The molecular formula is C17H23NO. The number of hydrogen-bond acceptors (Lipinski definition) is 1. The number of nitrogens with zero attached hydrogens (tertiary/aromatic N) is 1. The summed E-state index contributed by atoms with van der Waals surface area (Å²) in [6.45, 7) is 6.88. The van der Waals surface area contributed by atoms with E-state index in [1.54, 1.807) is 11.8 Å². The summed E-state index contributed by atoms with van der Waals surface area (Å²) in [6, 6.07) is 8.63. The van der Waals surface area contributed by atoms with Crippen LogP contribution >= 0.6 is 0 Å². The van der Waals surface area contributed by atoms with Crippen LogP contribution in [0.15, 0.2) is 30.3 Å². The Morgan fingerprint density at radius 1 is 1.37 bits per heavy atom. The van der Waals surface area contributed by atoms with Crippen LogP contribution in [0.1, 0.15) is 38.3 Å². The summed E-state index contributed by atoms with van der Waals surface area (Å²) in [5.74, 6) is 0.110. The highest BCUT2D eigenvalue weighted by molar-refractivity contribution is 5.76. The quantitative estimate of drug-likeness (QED) is 0.794. The van der Waals surface area contributed by atoms with Crippen molar-refractivity contribution in [1.29, 1.82) is 0 Å². The van der Waals surface area contributed by atoms with Crippen molar-refractivity contribution in [2.24, 2.45) is 5.41 Å². The maximum absolute atomic E-state index is 11.3. The van der Waals surface area contributed by atoms with Crippen molar-refractivity contribution < 1.29 is 4.79 Å². The molecule has 0 fully saturated rings. The molecule has 1 aromatic carbocycles. The van der Waals surface area contributed by atoms with Crippen LogP contribution in [0, 0.1) is 5.41 Å². The van der Waals surface area contributed by atoms with Crippen LogP contribution in [-0.4, -0.2) is 24.4 Å². The zero-order chi connectivity index (χ0) is 14.0. The van der Waals surface area contributed by atoms with Crippen molar-refractivity contribution in [2.45, 2.75) is 33.6 Å². The van der Waals surface area contributed by atoms with Gasteiger partial charge in [-0.3, -0.25) is 4.79 Å². The summed E-state index contributed by atoms with van der Waals surface area (Å²) >= 11 is 0. The molecular weight excluding hydrogens is 234 g/mol. The summed E-state index contributed by atoms with van der Waals surface area (Å²) < 4.78 is 0. The molecule has 0 bridgehead atoms. The highest BCUT2D eigenvalue weighted by Gasteiger charge is 2.29. The second kappa shape index (κ2) is 5.20. The van der Waals surface area contributed by atoms with E-state index in [2.05, 4.69) is 44.2 Å². The van der Waals surface area contributed by atoms with E-state index in [1.165, 1.54) is 23.1 Å². The van der Waals surface area contributed by atoms with Crippen molar-refractivity contribution in [1.82, 2.24) is 4.90 Å². The Hall–Kier alpha value is -1.57. The summed E-state index contributed by atoms with van der Waals surface area (Å²) in [7, 11) is 1.85. The van der Waals surface area contributed by atoms with Crippen molar-refractivity contribution in [3.05, 3.63) is 41.5 Å². The molecule has 0 heterocycles. The van der Waals surface area contributed by atoms with Gasteiger partial charge in [-0.2, -0.15) is 0 Å². The average molecular weight is 257 g/mol. The summed E-state index contributed by atoms with van der Waals surface area (Å²) in [5, 5.41) is 0. The Kier molecular flexibility index (Phi) is 3.79. The average Bonchev–Trinajstić information content (AvgIpc) is 2.36. The third-order valence-electron chi connectivity index (χ3n) is 4.16. The maximum atomic E-state index is 11.3. The van der Waals surface area contributed by atoms with Gasteiger partial charge in [0.15, 0.2) is 0 Å². The molecule has 1 aliphatic rings. The molecule has 1 aromatic rings. The first-order chi connectivity index (χ1) is 8.92. The van der Waals surface area contributed by atoms with Gasteiger partial charge in [0.2, 0.25) is 5.91 Å². The molecule has 1 aliphatic carbocycles. The molecule has 0 unspecified atom stereocenters. The molecule has 0 saturated carbocycles. The lowest BCUT2D eigenvalue weighted by Crippen LogP contribution is -2.26. The van der Waals surface area contributed by atoms with Crippen molar-refractivity contribution in [2.75, 3.05) is 13.6 Å². The van der Waals surface area contributed by atoms with E-state index in [0.29, 0.717) is 6.54 Å². The van der Waals surface area contributed by atoms with E-state index >= 15 is 0 Å². The first-order valence-electron chi connectivity index (χ1n) is 6.92. The highest BCUT2D eigenvalue weighted by Crippen LogP contribution is 2.44. The molecule has 102 valence electrons. The van der Waals surface area contributed by atoms with Gasteiger partial charge in [0, 0.05) is 20.5 Å². The Bertz CT molecular complexity index is 514. The van der Waals surface area contributed by atoms with Gasteiger partial charge in [0.25, 0.3) is 0 Å². The summed E-state index contributed by atoms with van der Waals surface area (Å²) in [5.41, 5.74) is 4.35. The molecule has 0 N–H and O–H groups in total. The SMILES string of the molecule is CC(=O)N(C)C/C=C1\c2ccccc2CCC1(C)C. The fourth-order valence-electron chi connectivity index (χ4n) is 2.69. The third kappa shape index (κ3) is 2.89. The number of rotatable bonds is 2. The summed E-state index contributed by atoms with van der Waals surface area (Å²) in [6.07, 6.45) is 4.53. The highest BCUT2D eigenvalue weighted by atomic mass is 16.2. The molecule has 0 aromatic heterocycles. The Morgan fingerprint density at radius 3 is 2.74 bits per heavy atom. The van der Waals surface area contributed by atoms with E-state index < -0.39 is 0 Å². The zero-order valence-electron chi connectivity index (χ0n) is 12.4. The van der Waals surface area contributed by atoms with Crippen LogP contribution in [0.4, 0.5) is 0 Å². The van der Waals surface area contributed by atoms with Gasteiger partial charge >= 0.3 is 0 Å². The predicted octanol–water partition coefficient (Wildman–Crippen LogP) is 3.52. The molecule has 19 heavy (non-hydrogen) atoms. The third-order valence-corrected chi connectivity index (χ3v) is 4.16. The van der Waals surface area contributed by atoms with Crippen LogP contribution in [-0.2, 0) is 11.2 Å². The van der Waals surface area contributed by atoms with E-state index in [1.807, 2.05) is 7.05 Å². The number of amides is 1. The number of benzene rings is 1. The second-order valence-electron chi connectivity index (χ2n) is 6.06. The largest absolute Gasteiger partial charge is 0.342 e. The lowest BCUT2D eigenvalue weighted by atomic mass is 9.70. The van der Waals surface area contributed by atoms with Gasteiger partial charge in [0.1, 0.15) is 0 Å². The van der Waals surface area contributed by atoms with Crippen LogP contribution in [0.5, 0.6) is 0 Å². The maximum Gasteiger partial charge on any atom is 0.219 e.